The van der Waals surface area contributed by atoms with E-state index in [1.54, 1.807) is 6.92 Å². The van der Waals surface area contributed by atoms with Crippen LogP contribution in [0.1, 0.15) is 12.1 Å². The second-order valence-electron chi connectivity index (χ2n) is 3.95. The van der Waals surface area contributed by atoms with Crippen LogP contribution in [0.25, 0.3) is 0 Å². The number of hydrogen-bond acceptors (Lipinski definition) is 4. The van der Waals surface area contributed by atoms with Crippen molar-refractivity contribution in [3.63, 3.8) is 0 Å². The summed E-state index contributed by atoms with van der Waals surface area (Å²) in [7, 11) is 0. The number of halogens is 1. The van der Waals surface area contributed by atoms with Gasteiger partial charge >= 0.3 is 101 Å². The van der Waals surface area contributed by atoms with E-state index in [-0.39, 0.29) is 11.8 Å². The fourth-order valence-electron chi connectivity index (χ4n) is 1.92. The molecule has 4 nitrogen and oxygen atoms in total. The molecule has 2 N–H and O–H groups in total. The van der Waals surface area contributed by atoms with Gasteiger partial charge in [-0.15, -0.1) is 0 Å². The molecule has 1 fully saturated rings. The standard InChI is InChI=1S/C10H15AsFN4/c1-6-8(12)9(15-10(13)14-6)16-4-3-7(5-16)11-2/h7H,3-5H2,1-2H3,(H2,13,14,15). The van der Waals surface area contributed by atoms with Gasteiger partial charge in [0.2, 0.25) is 0 Å². The zero-order chi connectivity index (χ0) is 11.7. The van der Waals surface area contributed by atoms with Crippen LogP contribution in [0.4, 0.5) is 16.2 Å². The molecule has 16 heavy (non-hydrogen) atoms. The summed E-state index contributed by atoms with van der Waals surface area (Å²) in [6.07, 6.45) is 1.14. The van der Waals surface area contributed by atoms with Crippen molar-refractivity contribution in [2.75, 3.05) is 23.7 Å². The summed E-state index contributed by atoms with van der Waals surface area (Å²) < 4.78 is 14.6. The van der Waals surface area contributed by atoms with Crippen molar-refractivity contribution in [2.45, 2.75) is 23.8 Å². The third-order valence-corrected chi connectivity index (χ3v) is 5.26. The van der Waals surface area contributed by atoms with Gasteiger partial charge in [0.15, 0.2) is 0 Å². The molecule has 0 amide bonds. The molecular weight excluding hydrogens is 270 g/mol. The number of aromatic nitrogens is 2. The van der Waals surface area contributed by atoms with Crippen LogP contribution in [-0.4, -0.2) is 38.8 Å². The molecule has 1 aliphatic heterocycles. The number of nitrogens with two attached hydrogens (primary N) is 1. The first-order chi connectivity index (χ1) is 7.61. The van der Waals surface area contributed by atoms with Crippen LogP contribution in [0.3, 0.4) is 0 Å². The fourth-order valence-corrected chi connectivity index (χ4v) is 3.46. The number of hydrogen-bond donors (Lipinski definition) is 1. The summed E-state index contributed by atoms with van der Waals surface area (Å²) in [6.45, 7) is 3.40. The summed E-state index contributed by atoms with van der Waals surface area (Å²) >= 11 is 0.354. The molecule has 1 radical (unpaired) electrons. The van der Waals surface area contributed by atoms with Gasteiger partial charge < -0.3 is 0 Å². The Morgan fingerprint density at radius 3 is 2.88 bits per heavy atom. The van der Waals surface area contributed by atoms with E-state index >= 15 is 0 Å². The van der Waals surface area contributed by atoms with Crippen LogP contribution in [-0.2, 0) is 0 Å². The van der Waals surface area contributed by atoms with E-state index in [9.17, 15) is 4.39 Å². The van der Waals surface area contributed by atoms with E-state index in [0.717, 1.165) is 24.2 Å². The predicted molar refractivity (Wildman–Crippen MR) is 63.3 cm³/mol. The van der Waals surface area contributed by atoms with Crippen LogP contribution in [0.15, 0.2) is 0 Å². The first-order valence-corrected chi connectivity index (χ1v) is 8.21. The zero-order valence-corrected chi connectivity index (χ0v) is 11.3. The minimum atomic E-state index is -0.331. The van der Waals surface area contributed by atoms with E-state index < -0.39 is 0 Å². The van der Waals surface area contributed by atoms with Crippen LogP contribution >= 0.6 is 0 Å². The molecule has 2 rings (SSSR count). The molecule has 1 aromatic heterocycles. The number of rotatable bonds is 2. The quantitative estimate of drug-likeness (QED) is 0.831. The van der Waals surface area contributed by atoms with Crippen molar-refractivity contribution in [3.05, 3.63) is 11.5 Å². The van der Waals surface area contributed by atoms with Gasteiger partial charge in [-0.1, -0.05) is 0 Å². The van der Waals surface area contributed by atoms with Crippen LogP contribution in [0, 0.1) is 12.7 Å². The van der Waals surface area contributed by atoms with Gasteiger partial charge in [-0.25, -0.2) is 0 Å². The molecule has 87 valence electrons. The van der Waals surface area contributed by atoms with Gasteiger partial charge in [0.25, 0.3) is 0 Å². The number of aryl methyl sites for hydroxylation is 1. The second-order valence-corrected chi connectivity index (χ2v) is 6.57. The molecular formula is C10H15AsFN4. The molecule has 1 atom stereocenters. The first-order valence-electron chi connectivity index (χ1n) is 5.25. The van der Waals surface area contributed by atoms with Gasteiger partial charge in [-0.3, -0.25) is 0 Å². The molecule has 1 aromatic rings. The fraction of sp³-hybridized carbons (Fsp3) is 0.600. The van der Waals surface area contributed by atoms with E-state index in [2.05, 4.69) is 15.7 Å². The van der Waals surface area contributed by atoms with Crippen molar-refractivity contribution in [1.82, 2.24) is 9.97 Å². The monoisotopic (exact) mass is 285 g/mol. The predicted octanol–water partition coefficient (Wildman–Crippen LogP) is 1.26. The first kappa shape index (κ1) is 11.6. The Bertz CT molecular complexity index is 399. The molecule has 0 spiro atoms. The SMILES string of the molecule is C[As]C1CCN(c2nc(N)nc(C)c2F)C1. The minimum absolute atomic E-state index is 0.155. The Labute approximate surface area is 101 Å². The van der Waals surface area contributed by atoms with E-state index in [1.165, 1.54) is 0 Å². The maximum atomic E-state index is 13.8. The Morgan fingerprint density at radius 2 is 2.25 bits per heavy atom. The van der Waals surface area contributed by atoms with Crippen molar-refractivity contribution in [1.29, 1.82) is 0 Å². The van der Waals surface area contributed by atoms with E-state index in [0.29, 0.717) is 27.3 Å². The summed E-state index contributed by atoms with van der Waals surface area (Å²) in [5.74, 6) is 0.200. The molecule has 0 aliphatic carbocycles. The Balaban J connectivity index is 2.27. The Morgan fingerprint density at radius 1 is 1.50 bits per heavy atom. The van der Waals surface area contributed by atoms with Crippen molar-refractivity contribution < 1.29 is 4.39 Å². The van der Waals surface area contributed by atoms with Gasteiger partial charge in [-0.05, 0) is 0 Å². The number of anilines is 2. The molecule has 1 unspecified atom stereocenters. The molecule has 6 heteroatoms. The third kappa shape index (κ3) is 2.14. The van der Waals surface area contributed by atoms with Crippen molar-refractivity contribution in [3.8, 4) is 0 Å². The molecule has 0 aromatic carbocycles. The van der Waals surface area contributed by atoms with Crippen LogP contribution < -0.4 is 10.6 Å². The summed E-state index contributed by atoms with van der Waals surface area (Å²) in [5.41, 5.74) is 8.13. The average Bonchev–Trinajstić information content (AvgIpc) is 2.71. The molecule has 2 heterocycles. The number of nitrogen functional groups attached to an aromatic ring is 1. The molecule has 1 aliphatic rings. The molecule has 0 bridgehead atoms. The van der Waals surface area contributed by atoms with Gasteiger partial charge in [0.1, 0.15) is 0 Å². The van der Waals surface area contributed by atoms with E-state index in [4.69, 9.17) is 5.73 Å². The van der Waals surface area contributed by atoms with Crippen molar-refractivity contribution >= 4 is 27.5 Å². The van der Waals surface area contributed by atoms with Crippen LogP contribution in [0.2, 0.25) is 10.4 Å². The average molecular weight is 285 g/mol. The van der Waals surface area contributed by atoms with Crippen molar-refractivity contribution in [2.24, 2.45) is 0 Å². The van der Waals surface area contributed by atoms with Crippen LogP contribution in [0.5, 0.6) is 0 Å². The normalized spacial score (nSPS) is 21.2. The Hall–Kier alpha value is -0.832. The summed E-state index contributed by atoms with van der Waals surface area (Å²) in [4.78, 5) is 9.82. The Kier molecular flexibility index (Phi) is 3.33. The van der Waals surface area contributed by atoms with Gasteiger partial charge in [0, 0.05) is 0 Å². The molecule has 1 saturated heterocycles. The maximum absolute atomic E-state index is 13.8. The topological polar surface area (TPSA) is 55.0 Å². The van der Waals surface area contributed by atoms with E-state index in [1.807, 2.05) is 4.90 Å². The number of nitrogens with zero attached hydrogens (tertiary/aromatic N) is 3. The zero-order valence-electron chi connectivity index (χ0n) is 9.44. The second kappa shape index (κ2) is 4.58. The summed E-state index contributed by atoms with van der Waals surface area (Å²) in [5, 5.41) is 0. The molecule has 0 saturated carbocycles. The van der Waals surface area contributed by atoms with Gasteiger partial charge in [-0.2, -0.15) is 0 Å². The summed E-state index contributed by atoms with van der Waals surface area (Å²) in [6, 6.07) is 0. The van der Waals surface area contributed by atoms with Gasteiger partial charge in [0.05, 0.1) is 0 Å². The third-order valence-electron chi connectivity index (χ3n) is 2.84.